The molecule has 0 aliphatic carbocycles. The van der Waals surface area contributed by atoms with Crippen molar-refractivity contribution in [1.82, 2.24) is 5.32 Å². The predicted octanol–water partition coefficient (Wildman–Crippen LogP) is 5.81. The fourth-order valence-corrected chi connectivity index (χ4v) is 3.89. The van der Waals surface area contributed by atoms with Crippen molar-refractivity contribution in [2.24, 2.45) is 0 Å². The van der Waals surface area contributed by atoms with Crippen LogP contribution in [0.2, 0.25) is 5.02 Å². The Labute approximate surface area is 202 Å². The van der Waals surface area contributed by atoms with Crippen molar-refractivity contribution >= 4 is 23.5 Å². The Morgan fingerprint density at radius 2 is 1.38 bits per heavy atom. The van der Waals surface area contributed by atoms with E-state index in [2.05, 4.69) is 5.32 Å². The first kappa shape index (κ1) is 23.1. The van der Waals surface area contributed by atoms with Crippen molar-refractivity contribution in [1.29, 1.82) is 0 Å². The van der Waals surface area contributed by atoms with E-state index in [9.17, 15) is 19.8 Å². The molecule has 4 aromatic carbocycles. The molecule has 0 aliphatic rings. The summed E-state index contributed by atoms with van der Waals surface area (Å²) in [7, 11) is 0. The number of benzene rings is 4. The van der Waals surface area contributed by atoms with Gasteiger partial charge in [-0.1, -0.05) is 84.4 Å². The van der Waals surface area contributed by atoms with E-state index in [0.717, 1.165) is 22.3 Å². The number of carboxylic acid groups (broad SMARTS) is 1. The number of phenolic OH excluding ortho intramolecular Hbond substituents is 1. The number of amides is 1. The van der Waals surface area contributed by atoms with Gasteiger partial charge < -0.3 is 15.5 Å². The third-order valence-electron chi connectivity index (χ3n) is 5.50. The fraction of sp³-hybridized carbons (Fsp3) is 0.0714. The van der Waals surface area contributed by atoms with E-state index in [1.54, 1.807) is 24.3 Å². The second kappa shape index (κ2) is 10.2. The van der Waals surface area contributed by atoms with E-state index >= 15 is 0 Å². The van der Waals surface area contributed by atoms with E-state index < -0.39 is 17.9 Å². The van der Waals surface area contributed by atoms with Crippen LogP contribution < -0.4 is 5.32 Å². The van der Waals surface area contributed by atoms with Gasteiger partial charge in [-0.15, -0.1) is 0 Å². The molecule has 0 fully saturated rings. The van der Waals surface area contributed by atoms with Gasteiger partial charge in [0.2, 0.25) is 0 Å². The topological polar surface area (TPSA) is 86.6 Å². The largest absolute Gasteiger partial charge is 0.507 e. The first-order chi connectivity index (χ1) is 16.4. The van der Waals surface area contributed by atoms with Gasteiger partial charge in [-0.25, -0.2) is 4.79 Å². The lowest BCUT2D eigenvalue weighted by atomic mass is 9.99. The molecule has 1 amide bonds. The molecule has 0 aliphatic heterocycles. The normalized spacial score (nSPS) is 11.6. The number of hydrogen-bond donors (Lipinski definition) is 3. The van der Waals surface area contributed by atoms with E-state index in [-0.39, 0.29) is 17.7 Å². The van der Waals surface area contributed by atoms with E-state index in [1.807, 2.05) is 60.7 Å². The minimum Gasteiger partial charge on any atom is -0.507 e. The molecule has 0 aromatic heterocycles. The van der Waals surface area contributed by atoms with Crippen LogP contribution in [0.3, 0.4) is 0 Å². The summed E-state index contributed by atoms with van der Waals surface area (Å²) in [6.07, 6.45) is 0.102. The molecule has 170 valence electrons. The molecule has 0 saturated carbocycles. The smallest absolute Gasteiger partial charge is 0.326 e. The molecule has 1 unspecified atom stereocenters. The zero-order valence-electron chi connectivity index (χ0n) is 18.1. The monoisotopic (exact) mass is 471 g/mol. The molecule has 0 radical (unpaired) electrons. The van der Waals surface area contributed by atoms with Crippen LogP contribution in [0.5, 0.6) is 5.75 Å². The van der Waals surface area contributed by atoms with Crippen molar-refractivity contribution in [3.05, 3.63) is 113 Å². The molecule has 5 nitrogen and oxygen atoms in total. The van der Waals surface area contributed by atoms with Gasteiger partial charge in [-0.3, -0.25) is 4.79 Å². The van der Waals surface area contributed by atoms with Crippen molar-refractivity contribution < 1.29 is 19.8 Å². The molecule has 0 spiro atoms. The zero-order valence-corrected chi connectivity index (χ0v) is 18.9. The van der Waals surface area contributed by atoms with Gasteiger partial charge >= 0.3 is 5.97 Å². The number of halogens is 1. The Balaban J connectivity index is 1.51. The maximum absolute atomic E-state index is 12.9. The van der Waals surface area contributed by atoms with E-state index in [1.165, 1.54) is 12.1 Å². The third kappa shape index (κ3) is 5.45. The summed E-state index contributed by atoms with van der Waals surface area (Å²) in [5, 5.41) is 23.0. The number of carbonyl (C=O) groups is 2. The van der Waals surface area contributed by atoms with Gasteiger partial charge in [0.15, 0.2) is 0 Å². The van der Waals surface area contributed by atoms with Crippen molar-refractivity contribution in [3.8, 4) is 28.0 Å². The number of carboxylic acids is 1. The third-order valence-corrected chi connectivity index (χ3v) is 5.74. The fourth-order valence-electron chi connectivity index (χ4n) is 3.70. The highest BCUT2D eigenvalue weighted by Crippen LogP contribution is 2.28. The Morgan fingerprint density at radius 3 is 2.06 bits per heavy atom. The molecule has 0 bridgehead atoms. The number of hydrogen-bond acceptors (Lipinski definition) is 3. The maximum Gasteiger partial charge on any atom is 0.326 e. The lowest BCUT2D eigenvalue weighted by Crippen LogP contribution is -2.42. The van der Waals surface area contributed by atoms with Crippen LogP contribution >= 0.6 is 11.6 Å². The summed E-state index contributed by atoms with van der Waals surface area (Å²) >= 11 is 6.06. The Hall–Kier alpha value is -4.09. The minimum absolute atomic E-state index is 0.0110. The predicted molar refractivity (Wildman–Crippen MR) is 133 cm³/mol. The summed E-state index contributed by atoms with van der Waals surface area (Å²) in [5.41, 5.74) is 4.28. The summed E-state index contributed by atoms with van der Waals surface area (Å²) in [6, 6.07) is 27.9. The number of rotatable bonds is 7. The first-order valence-electron chi connectivity index (χ1n) is 10.7. The summed E-state index contributed by atoms with van der Waals surface area (Å²) < 4.78 is 0. The van der Waals surface area contributed by atoms with E-state index in [4.69, 9.17) is 11.6 Å². The number of aliphatic carboxylic acids is 1. The molecule has 4 aromatic rings. The Morgan fingerprint density at radius 1 is 0.765 bits per heavy atom. The van der Waals surface area contributed by atoms with Gasteiger partial charge in [-0.2, -0.15) is 0 Å². The van der Waals surface area contributed by atoms with Crippen LogP contribution in [0.25, 0.3) is 22.3 Å². The molecule has 0 saturated heterocycles. The van der Waals surface area contributed by atoms with Gasteiger partial charge in [0.25, 0.3) is 5.91 Å². The maximum atomic E-state index is 12.9. The number of phenols is 1. The van der Waals surface area contributed by atoms with Crippen LogP contribution in [0.1, 0.15) is 15.9 Å². The van der Waals surface area contributed by atoms with Gasteiger partial charge in [0.1, 0.15) is 11.8 Å². The second-order valence-corrected chi connectivity index (χ2v) is 8.31. The second-order valence-electron chi connectivity index (χ2n) is 7.87. The highest BCUT2D eigenvalue weighted by atomic mass is 35.5. The number of aromatic hydroxyl groups is 1. The van der Waals surface area contributed by atoms with Crippen molar-refractivity contribution in [2.45, 2.75) is 12.5 Å². The SMILES string of the molecule is O=C(NC(Cc1ccc(-c2ccccc2)cc1)C(=O)O)c1cc(-c2cccc(Cl)c2)ccc1O. The van der Waals surface area contributed by atoms with E-state index in [0.29, 0.717) is 10.6 Å². The van der Waals surface area contributed by atoms with Gasteiger partial charge in [0.05, 0.1) is 5.56 Å². The molecule has 6 heteroatoms. The molecule has 34 heavy (non-hydrogen) atoms. The molecule has 4 rings (SSSR count). The quantitative estimate of drug-likeness (QED) is 0.317. The Kier molecular flexibility index (Phi) is 6.95. The van der Waals surface area contributed by atoms with Crippen LogP contribution in [0.4, 0.5) is 0 Å². The van der Waals surface area contributed by atoms with Crippen LogP contribution in [0, 0.1) is 0 Å². The molecule has 0 heterocycles. The van der Waals surface area contributed by atoms with Gasteiger partial charge in [-0.05, 0) is 52.1 Å². The first-order valence-corrected chi connectivity index (χ1v) is 11.1. The highest BCUT2D eigenvalue weighted by Gasteiger charge is 2.23. The number of carbonyl (C=O) groups excluding carboxylic acids is 1. The molecule has 3 N–H and O–H groups in total. The zero-order chi connectivity index (χ0) is 24.1. The lowest BCUT2D eigenvalue weighted by molar-refractivity contribution is -0.139. The number of nitrogens with one attached hydrogen (secondary N) is 1. The molecular formula is C28H22ClNO4. The standard InChI is InChI=1S/C28H22ClNO4/c29-23-8-4-7-21(16-23)22-13-14-26(31)24(17-22)27(32)30-25(28(33)34)15-18-9-11-20(12-10-18)19-5-2-1-3-6-19/h1-14,16-17,25,31H,15H2,(H,30,32)(H,33,34). The van der Waals surface area contributed by atoms with Crippen LogP contribution in [-0.4, -0.2) is 28.1 Å². The lowest BCUT2D eigenvalue weighted by Gasteiger charge is -2.16. The van der Waals surface area contributed by atoms with Crippen molar-refractivity contribution in [3.63, 3.8) is 0 Å². The minimum atomic E-state index is -1.16. The van der Waals surface area contributed by atoms with Crippen LogP contribution in [0.15, 0.2) is 97.1 Å². The summed E-state index contributed by atoms with van der Waals surface area (Å²) in [5.74, 6) is -2.07. The van der Waals surface area contributed by atoms with Crippen molar-refractivity contribution in [2.75, 3.05) is 0 Å². The average Bonchev–Trinajstić information content (AvgIpc) is 2.85. The molecular weight excluding hydrogens is 450 g/mol. The average molecular weight is 472 g/mol. The summed E-state index contributed by atoms with van der Waals surface area (Å²) in [6.45, 7) is 0. The highest BCUT2D eigenvalue weighted by molar-refractivity contribution is 6.30. The van der Waals surface area contributed by atoms with Gasteiger partial charge in [0, 0.05) is 11.4 Å². The van der Waals surface area contributed by atoms with Crippen LogP contribution in [-0.2, 0) is 11.2 Å². The molecule has 1 atom stereocenters. The summed E-state index contributed by atoms with van der Waals surface area (Å²) in [4.78, 5) is 24.8. The Bertz CT molecular complexity index is 1320.